The van der Waals surface area contributed by atoms with Gasteiger partial charge in [0.25, 0.3) is 0 Å². The Kier molecular flexibility index (Phi) is 8.30. The van der Waals surface area contributed by atoms with E-state index in [1.54, 1.807) is 6.20 Å². The van der Waals surface area contributed by atoms with Gasteiger partial charge in [-0.2, -0.15) is 13.2 Å². The van der Waals surface area contributed by atoms with Gasteiger partial charge in [0.2, 0.25) is 0 Å². The van der Waals surface area contributed by atoms with Crippen molar-refractivity contribution in [2.24, 2.45) is 5.92 Å². The van der Waals surface area contributed by atoms with Crippen molar-refractivity contribution in [3.63, 3.8) is 0 Å². The molecule has 13 heteroatoms. The number of allylic oxidation sites excluding steroid dienone is 1. The average molecular weight is 525 g/mol. The number of fused-ring (bicyclic) bond motifs is 3. The lowest BCUT2D eigenvalue weighted by molar-refractivity contribution is -0.192. The summed E-state index contributed by atoms with van der Waals surface area (Å²) in [7, 11) is 0. The predicted octanol–water partition coefficient (Wildman–Crippen LogP) is 3.42. The fourth-order valence-electron chi connectivity index (χ4n) is 5.27. The second-order valence-electron chi connectivity index (χ2n) is 9.50. The molecule has 0 bridgehead atoms. The zero-order chi connectivity index (χ0) is 26.6. The molecular formula is C24H31F3N6O4. The molecule has 0 radical (unpaired) electrons. The third kappa shape index (κ3) is 6.38. The molecule has 1 saturated carbocycles. The molecule has 37 heavy (non-hydrogen) atoms. The van der Waals surface area contributed by atoms with Crippen molar-refractivity contribution in [2.75, 3.05) is 26.2 Å². The normalized spacial score (nSPS) is 23.1. The fraction of sp³-hybridized carbons (Fsp3) is 0.625. The highest BCUT2D eigenvalue weighted by atomic mass is 19.4. The Labute approximate surface area is 211 Å². The molecule has 1 saturated heterocycles. The Morgan fingerprint density at radius 1 is 1.22 bits per heavy atom. The Morgan fingerprint density at radius 2 is 1.95 bits per heavy atom. The summed E-state index contributed by atoms with van der Waals surface area (Å²) >= 11 is 0. The number of carbonyl (C=O) groups is 2. The minimum Gasteiger partial charge on any atom is -0.475 e. The van der Waals surface area contributed by atoms with E-state index in [4.69, 9.17) is 14.6 Å². The Morgan fingerprint density at radius 3 is 2.62 bits per heavy atom. The number of amides is 1. The van der Waals surface area contributed by atoms with Gasteiger partial charge in [-0.15, -0.1) is 10.2 Å². The summed E-state index contributed by atoms with van der Waals surface area (Å²) in [5.41, 5.74) is 2.94. The zero-order valence-electron chi connectivity index (χ0n) is 20.6. The lowest BCUT2D eigenvalue weighted by Gasteiger charge is -2.16. The number of aromatic nitrogens is 4. The first kappa shape index (κ1) is 26.8. The number of hydrogen-bond acceptors (Lipinski definition) is 7. The minimum absolute atomic E-state index is 0.0792. The smallest absolute Gasteiger partial charge is 0.475 e. The highest BCUT2D eigenvalue weighted by Crippen LogP contribution is 2.42. The van der Waals surface area contributed by atoms with Gasteiger partial charge >= 0.3 is 18.2 Å². The van der Waals surface area contributed by atoms with Crippen LogP contribution in [0.3, 0.4) is 0 Å². The van der Waals surface area contributed by atoms with E-state index in [2.05, 4.69) is 48.9 Å². The van der Waals surface area contributed by atoms with Crippen LogP contribution < -0.4 is 5.32 Å². The number of aliphatic carboxylic acids is 1. The quantitative estimate of drug-likeness (QED) is 0.590. The summed E-state index contributed by atoms with van der Waals surface area (Å²) in [4.78, 5) is 28.1. The van der Waals surface area contributed by atoms with E-state index in [0.29, 0.717) is 12.5 Å². The molecule has 3 aliphatic rings. The van der Waals surface area contributed by atoms with Crippen LogP contribution in [0, 0.1) is 5.92 Å². The van der Waals surface area contributed by atoms with Gasteiger partial charge in [0, 0.05) is 25.4 Å². The third-order valence-electron chi connectivity index (χ3n) is 7.09. The van der Waals surface area contributed by atoms with Crippen LogP contribution in [0.25, 0.3) is 11.7 Å². The Hall–Kier alpha value is -3.22. The summed E-state index contributed by atoms with van der Waals surface area (Å²) < 4.78 is 39.7. The van der Waals surface area contributed by atoms with Crippen LogP contribution in [0.4, 0.5) is 18.0 Å². The fourth-order valence-corrected chi connectivity index (χ4v) is 5.27. The SMILES string of the molecule is CC[C@@H]1C[C@H](OC(=O)NCCN2CCCC2)C[C@@H]1c1nnc2cnc3c(n12)C=CC3.O=C(O)C(F)(F)F. The first-order valence-electron chi connectivity index (χ1n) is 12.5. The number of carboxylic acids is 1. The molecule has 202 valence electrons. The second-order valence-corrected chi connectivity index (χ2v) is 9.50. The molecule has 0 aromatic carbocycles. The van der Waals surface area contributed by atoms with Crippen molar-refractivity contribution in [3.8, 4) is 0 Å². The molecule has 3 heterocycles. The lowest BCUT2D eigenvalue weighted by atomic mass is 9.93. The second kappa shape index (κ2) is 11.4. The van der Waals surface area contributed by atoms with Crippen molar-refractivity contribution in [1.82, 2.24) is 29.8 Å². The summed E-state index contributed by atoms with van der Waals surface area (Å²) in [5, 5.41) is 19.0. The van der Waals surface area contributed by atoms with Gasteiger partial charge in [0.1, 0.15) is 11.9 Å². The number of likely N-dealkylation sites (tertiary alicyclic amines) is 1. The molecule has 0 unspecified atom stereocenters. The molecule has 2 aromatic rings. The molecule has 3 atom stereocenters. The maximum atomic E-state index is 12.3. The third-order valence-corrected chi connectivity index (χ3v) is 7.09. The number of nitrogens with one attached hydrogen (secondary N) is 1. The number of rotatable bonds is 6. The predicted molar refractivity (Wildman–Crippen MR) is 127 cm³/mol. The number of halogens is 3. The molecule has 10 nitrogen and oxygen atoms in total. The van der Waals surface area contributed by atoms with Gasteiger partial charge in [-0.05, 0) is 50.8 Å². The van der Waals surface area contributed by atoms with Crippen molar-refractivity contribution >= 4 is 23.8 Å². The summed E-state index contributed by atoms with van der Waals surface area (Å²) in [6.07, 6.45) is 6.66. The molecule has 0 spiro atoms. The number of hydrogen-bond donors (Lipinski definition) is 2. The van der Waals surface area contributed by atoms with Gasteiger partial charge in [0.05, 0.1) is 17.6 Å². The van der Waals surface area contributed by atoms with Crippen LogP contribution in [0.2, 0.25) is 0 Å². The Balaban J connectivity index is 0.000000405. The Bertz CT molecular complexity index is 1150. The van der Waals surface area contributed by atoms with Crippen LogP contribution in [0.15, 0.2) is 12.3 Å². The van der Waals surface area contributed by atoms with Gasteiger partial charge in [-0.3, -0.25) is 9.38 Å². The number of alkyl carbamates (subject to hydrolysis) is 1. The first-order valence-corrected chi connectivity index (χ1v) is 12.5. The number of carboxylic acid groups (broad SMARTS) is 1. The van der Waals surface area contributed by atoms with Gasteiger partial charge in [-0.25, -0.2) is 9.59 Å². The number of nitrogens with zero attached hydrogens (tertiary/aromatic N) is 5. The number of ether oxygens (including phenoxy) is 1. The highest BCUT2D eigenvalue weighted by Gasteiger charge is 2.39. The van der Waals surface area contributed by atoms with E-state index in [9.17, 15) is 18.0 Å². The zero-order valence-corrected chi connectivity index (χ0v) is 20.6. The summed E-state index contributed by atoms with van der Waals surface area (Å²) in [5.74, 6) is -1.13. The maximum Gasteiger partial charge on any atom is 0.490 e. The summed E-state index contributed by atoms with van der Waals surface area (Å²) in [6.45, 7) is 6.02. The van der Waals surface area contributed by atoms with E-state index >= 15 is 0 Å². The standard InChI is InChI=1S/C22H30N6O2.C2HF3O2/c1-2-15-12-16(30-22(29)23-8-11-27-9-3-4-10-27)13-17(15)21-26-25-20-14-24-18-6-5-7-19(18)28(20)21;3-2(4,5)1(6)7/h5,7,14-17H,2-4,6,8-13H2,1H3,(H,23,29);(H,6,7)/t15-,16+,17+;/m1./s1. The molecule has 1 amide bonds. The van der Waals surface area contributed by atoms with Gasteiger partial charge in [-0.1, -0.05) is 19.4 Å². The summed E-state index contributed by atoms with van der Waals surface area (Å²) in [6, 6.07) is 0. The molecule has 2 fully saturated rings. The molecule has 2 N–H and O–H groups in total. The minimum atomic E-state index is -5.08. The molecule has 2 aromatic heterocycles. The van der Waals surface area contributed by atoms with Crippen LogP contribution in [0.5, 0.6) is 0 Å². The van der Waals surface area contributed by atoms with Crippen LogP contribution in [-0.2, 0) is 16.0 Å². The van der Waals surface area contributed by atoms with Crippen molar-refractivity contribution in [3.05, 3.63) is 29.5 Å². The van der Waals surface area contributed by atoms with Crippen LogP contribution in [0.1, 0.15) is 62.2 Å². The largest absolute Gasteiger partial charge is 0.490 e. The van der Waals surface area contributed by atoms with Crippen LogP contribution >= 0.6 is 0 Å². The maximum absolute atomic E-state index is 12.3. The molecular weight excluding hydrogens is 493 g/mol. The van der Waals surface area contributed by atoms with Crippen molar-refractivity contribution in [1.29, 1.82) is 0 Å². The molecule has 2 aliphatic carbocycles. The monoisotopic (exact) mass is 524 g/mol. The van der Waals surface area contributed by atoms with E-state index < -0.39 is 12.1 Å². The number of alkyl halides is 3. The molecule has 5 rings (SSSR count). The topological polar surface area (TPSA) is 122 Å². The van der Waals surface area contributed by atoms with E-state index in [-0.39, 0.29) is 18.1 Å². The van der Waals surface area contributed by atoms with E-state index in [1.165, 1.54) is 12.8 Å². The van der Waals surface area contributed by atoms with Gasteiger partial charge < -0.3 is 20.1 Å². The van der Waals surface area contributed by atoms with E-state index in [1.807, 2.05) is 0 Å². The lowest BCUT2D eigenvalue weighted by Crippen LogP contribution is -2.35. The van der Waals surface area contributed by atoms with Crippen LogP contribution in [-0.4, -0.2) is 80.1 Å². The first-order chi connectivity index (χ1) is 17.7. The van der Waals surface area contributed by atoms with Crippen molar-refractivity contribution in [2.45, 2.75) is 63.6 Å². The number of carbonyl (C=O) groups excluding carboxylic acids is 1. The highest BCUT2D eigenvalue weighted by molar-refractivity contribution is 5.73. The van der Waals surface area contributed by atoms with Gasteiger partial charge in [0.15, 0.2) is 5.65 Å². The van der Waals surface area contributed by atoms with Crippen molar-refractivity contribution < 1.29 is 32.6 Å². The van der Waals surface area contributed by atoms with E-state index in [0.717, 1.165) is 68.2 Å². The molecule has 1 aliphatic heterocycles. The average Bonchev–Trinajstić information content (AvgIpc) is 3.63.